The fourth-order valence-corrected chi connectivity index (χ4v) is 2.90. The molecule has 146 valence electrons. The molecule has 0 bridgehead atoms. The topological polar surface area (TPSA) is 80.0 Å². The van der Waals surface area contributed by atoms with Crippen molar-refractivity contribution in [1.82, 2.24) is 0 Å². The van der Waals surface area contributed by atoms with Crippen LogP contribution in [-0.2, 0) is 0 Å². The monoisotopic (exact) mass is 373 g/mol. The molecule has 1 atom stereocenters. The number of carbonyl (C=O) groups excluding carboxylic acids is 1. The Labute approximate surface area is 160 Å². The van der Waals surface area contributed by atoms with Gasteiger partial charge in [-0.05, 0) is 43.2 Å². The maximum Gasteiger partial charge on any atom is 0.207 e. The first kappa shape index (κ1) is 20.4. The predicted molar refractivity (Wildman–Crippen MR) is 105 cm³/mol. The summed E-state index contributed by atoms with van der Waals surface area (Å²) in [5.41, 5.74) is 7.95. The molecule has 2 N–H and O–H groups in total. The van der Waals surface area contributed by atoms with Gasteiger partial charge in [0.25, 0.3) is 0 Å². The molecule has 0 aromatic heterocycles. The molecule has 6 nitrogen and oxygen atoms in total. The zero-order valence-corrected chi connectivity index (χ0v) is 16.5. The van der Waals surface area contributed by atoms with Gasteiger partial charge in [-0.25, -0.2) is 0 Å². The Morgan fingerprint density at radius 3 is 2.22 bits per heavy atom. The molecule has 0 fully saturated rings. The Hall–Kier alpha value is -2.89. The lowest BCUT2D eigenvalue weighted by Crippen LogP contribution is -2.28. The number of Topliss-reactive ketones (excluding diaryl/α,β-unsaturated/α-hetero) is 1. The molecule has 0 saturated carbocycles. The molecule has 2 aromatic rings. The molecule has 0 aliphatic rings. The van der Waals surface area contributed by atoms with Crippen LogP contribution in [0.25, 0.3) is 0 Å². The summed E-state index contributed by atoms with van der Waals surface area (Å²) in [6, 6.07) is 8.84. The van der Waals surface area contributed by atoms with Crippen LogP contribution in [0.3, 0.4) is 0 Å². The highest BCUT2D eigenvalue weighted by Gasteiger charge is 2.28. The normalized spacial score (nSPS) is 11.6. The van der Waals surface area contributed by atoms with Crippen molar-refractivity contribution >= 4 is 11.5 Å². The van der Waals surface area contributed by atoms with Crippen LogP contribution in [0.4, 0.5) is 5.69 Å². The Balaban J connectivity index is 2.41. The Kier molecular flexibility index (Phi) is 6.93. The van der Waals surface area contributed by atoms with Crippen molar-refractivity contribution < 1.29 is 23.7 Å². The predicted octanol–water partition coefficient (Wildman–Crippen LogP) is 4.03. The molecular weight excluding hydrogens is 346 g/mol. The second-order valence-electron chi connectivity index (χ2n) is 6.18. The highest BCUT2D eigenvalue weighted by molar-refractivity contribution is 6.03. The largest absolute Gasteiger partial charge is 0.493 e. The lowest BCUT2D eigenvalue weighted by molar-refractivity contribution is 0.0775. The third-order valence-corrected chi connectivity index (χ3v) is 4.25. The number of ether oxygens (including phenoxy) is 4. The minimum absolute atomic E-state index is 0.199. The molecule has 0 radical (unpaired) electrons. The minimum atomic E-state index is -0.688. The lowest BCUT2D eigenvalue weighted by atomic mass is 10.0. The maximum atomic E-state index is 13.2. The fourth-order valence-electron chi connectivity index (χ4n) is 2.90. The quantitative estimate of drug-likeness (QED) is 0.528. The van der Waals surface area contributed by atoms with Gasteiger partial charge in [0.1, 0.15) is 5.75 Å². The molecular formula is C21H27NO5. The van der Waals surface area contributed by atoms with Crippen LogP contribution in [0.1, 0.15) is 35.7 Å². The number of ketones is 1. The van der Waals surface area contributed by atoms with Crippen molar-refractivity contribution in [2.45, 2.75) is 32.8 Å². The molecule has 2 aromatic carbocycles. The van der Waals surface area contributed by atoms with Gasteiger partial charge in [-0.1, -0.05) is 19.4 Å². The Morgan fingerprint density at radius 1 is 1.00 bits per heavy atom. The highest BCUT2D eigenvalue weighted by atomic mass is 16.5. The SMILES string of the molecule is CCCC(Oc1ccc(C)cc1N)C(=O)c1ccc(OC)c(OC)c1OC. The first-order chi connectivity index (χ1) is 13.0. The highest BCUT2D eigenvalue weighted by Crippen LogP contribution is 2.40. The minimum Gasteiger partial charge on any atom is -0.493 e. The number of benzene rings is 2. The van der Waals surface area contributed by atoms with E-state index in [1.54, 1.807) is 18.2 Å². The number of nitrogens with two attached hydrogens (primary N) is 1. The number of carbonyl (C=O) groups is 1. The lowest BCUT2D eigenvalue weighted by Gasteiger charge is -2.21. The summed E-state index contributed by atoms with van der Waals surface area (Å²) in [4.78, 5) is 13.2. The van der Waals surface area contributed by atoms with E-state index in [0.717, 1.165) is 12.0 Å². The molecule has 0 spiro atoms. The second-order valence-corrected chi connectivity index (χ2v) is 6.18. The van der Waals surface area contributed by atoms with Gasteiger partial charge in [-0.15, -0.1) is 0 Å². The van der Waals surface area contributed by atoms with Gasteiger partial charge in [0, 0.05) is 0 Å². The van der Waals surface area contributed by atoms with Crippen LogP contribution < -0.4 is 24.7 Å². The standard InChI is InChI=1S/C21H27NO5/c1-6-7-17(27-16-10-8-13(2)12-15(16)22)19(23)14-9-11-18(24-3)21(26-5)20(14)25-4/h8-12,17H,6-7,22H2,1-5H3. The van der Waals surface area contributed by atoms with Gasteiger partial charge in [0.2, 0.25) is 11.5 Å². The van der Waals surface area contributed by atoms with Crippen molar-refractivity contribution in [2.24, 2.45) is 0 Å². The van der Waals surface area contributed by atoms with E-state index in [0.29, 0.717) is 40.7 Å². The van der Waals surface area contributed by atoms with Gasteiger partial charge in [-0.2, -0.15) is 0 Å². The van der Waals surface area contributed by atoms with Crippen LogP contribution in [-0.4, -0.2) is 33.2 Å². The first-order valence-corrected chi connectivity index (χ1v) is 8.82. The van der Waals surface area contributed by atoms with Crippen LogP contribution in [0.15, 0.2) is 30.3 Å². The molecule has 0 heterocycles. The molecule has 0 saturated heterocycles. The fraction of sp³-hybridized carbons (Fsp3) is 0.381. The summed E-state index contributed by atoms with van der Waals surface area (Å²) in [7, 11) is 4.52. The van der Waals surface area contributed by atoms with Crippen LogP contribution in [0.2, 0.25) is 0 Å². The van der Waals surface area contributed by atoms with E-state index in [1.807, 2.05) is 26.0 Å². The average molecular weight is 373 g/mol. The summed E-state index contributed by atoms with van der Waals surface area (Å²) in [5, 5.41) is 0. The van der Waals surface area contributed by atoms with Crippen LogP contribution in [0, 0.1) is 6.92 Å². The summed E-state index contributed by atoms with van der Waals surface area (Å²) in [5.74, 6) is 1.47. The van der Waals surface area contributed by atoms with E-state index >= 15 is 0 Å². The summed E-state index contributed by atoms with van der Waals surface area (Å²) in [6.07, 6.45) is 0.633. The van der Waals surface area contributed by atoms with Crippen molar-refractivity contribution in [3.8, 4) is 23.0 Å². The third kappa shape index (κ3) is 4.45. The van der Waals surface area contributed by atoms with Gasteiger partial charge in [-0.3, -0.25) is 4.79 Å². The first-order valence-electron chi connectivity index (χ1n) is 8.82. The third-order valence-electron chi connectivity index (χ3n) is 4.25. The number of nitrogen functional groups attached to an aromatic ring is 1. The second kappa shape index (κ2) is 9.16. The molecule has 27 heavy (non-hydrogen) atoms. The van der Waals surface area contributed by atoms with E-state index in [-0.39, 0.29) is 5.78 Å². The molecule has 0 aliphatic carbocycles. The zero-order valence-electron chi connectivity index (χ0n) is 16.5. The smallest absolute Gasteiger partial charge is 0.207 e. The van der Waals surface area contributed by atoms with E-state index in [1.165, 1.54) is 21.3 Å². The van der Waals surface area contributed by atoms with Gasteiger partial charge in [0.05, 0.1) is 32.6 Å². The van der Waals surface area contributed by atoms with E-state index in [2.05, 4.69) is 0 Å². The number of rotatable bonds is 9. The van der Waals surface area contributed by atoms with Gasteiger partial charge < -0.3 is 24.7 Å². The molecule has 6 heteroatoms. The van der Waals surface area contributed by atoms with E-state index < -0.39 is 6.10 Å². The zero-order chi connectivity index (χ0) is 20.0. The number of hydrogen-bond donors (Lipinski definition) is 1. The number of anilines is 1. The molecule has 1 unspecified atom stereocenters. The van der Waals surface area contributed by atoms with Crippen molar-refractivity contribution in [3.05, 3.63) is 41.5 Å². The molecule has 0 aliphatic heterocycles. The Morgan fingerprint density at radius 2 is 1.67 bits per heavy atom. The van der Waals surface area contributed by atoms with Crippen LogP contribution >= 0.6 is 0 Å². The summed E-state index contributed by atoms with van der Waals surface area (Å²) in [6.45, 7) is 3.94. The maximum absolute atomic E-state index is 13.2. The number of methoxy groups -OCH3 is 3. The average Bonchev–Trinajstić information content (AvgIpc) is 2.67. The van der Waals surface area contributed by atoms with E-state index in [4.69, 9.17) is 24.7 Å². The van der Waals surface area contributed by atoms with Crippen molar-refractivity contribution in [1.29, 1.82) is 0 Å². The van der Waals surface area contributed by atoms with Crippen molar-refractivity contribution in [3.63, 3.8) is 0 Å². The van der Waals surface area contributed by atoms with Crippen molar-refractivity contribution in [2.75, 3.05) is 27.1 Å². The molecule has 2 rings (SSSR count). The Bertz CT molecular complexity index is 803. The van der Waals surface area contributed by atoms with Crippen LogP contribution in [0.5, 0.6) is 23.0 Å². The number of hydrogen-bond acceptors (Lipinski definition) is 6. The van der Waals surface area contributed by atoms with E-state index in [9.17, 15) is 4.79 Å². The molecule has 0 amide bonds. The number of aryl methyl sites for hydroxylation is 1. The van der Waals surface area contributed by atoms with Gasteiger partial charge >= 0.3 is 0 Å². The van der Waals surface area contributed by atoms with Gasteiger partial charge in [0.15, 0.2) is 17.6 Å². The summed E-state index contributed by atoms with van der Waals surface area (Å²) < 4.78 is 22.1. The summed E-state index contributed by atoms with van der Waals surface area (Å²) >= 11 is 0.